The van der Waals surface area contributed by atoms with E-state index in [4.69, 9.17) is 0 Å². The maximum absolute atomic E-state index is 12.6. The van der Waals surface area contributed by atoms with Crippen molar-refractivity contribution in [2.45, 2.75) is 32.2 Å². The Morgan fingerprint density at radius 3 is 2.70 bits per heavy atom. The average molecular weight is 294 g/mol. The van der Waals surface area contributed by atoms with Crippen molar-refractivity contribution < 1.29 is 8.42 Å². The van der Waals surface area contributed by atoms with Crippen molar-refractivity contribution in [2.75, 3.05) is 23.1 Å². The molecular formula is C15H22N2O2S. The molecule has 0 bridgehead atoms. The molecule has 0 spiro atoms. The van der Waals surface area contributed by atoms with Gasteiger partial charge in [0.05, 0.1) is 11.4 Å². The van der Waals surface area contributed by atoms with Crippen molar-refractivity contribution in [3.63, 3.8) is 0 Å². The second-order valence-corrected chi connectivity index (χ2v) is 7.69. The van der Waals surface area contributed by atoms with Crippen molar-refractivity contribution in [1.82, 2.24) is 5.32 Å². The molecule has 1 aromatic carbocycles. The smallest absolute Gasteiger partial charge is 0.235 e. The zero-order valence-corrected chi connectivity index (χ0v) is 12.7. The summed E-state index contributed by atoms with van der Waals surface area (Å²) in [6, 6.07) is 8.15. The quantitative estimate of drug-likeness (QED) is 0.906. The van der Waals surface area contributed by atoms with Crippen LogP contribution in [0.1, 0.15) is 37.8 Å². The molecule has 4 nitrogen and oxygen atoms in total. The fourth-order valence-corrected chi connectivity index (χ4v) is 4.91. The normalized spacial score (nSPS) is 22.6. The molecule has 0 aromatic heterocycles. The lowest BCUT2D eigenvalue weighted by atomic mass is 9.98. The third kappa shape index (κ3) is 2.69. The van der Waals surface area contributed by atoms with Crippen LogP contribution in [0.15, 0.2) is 24.3 Å². The van der Waals surface area contributed by atoms with Gasteiger partial charge in [0.2, 0.25) is 10.0 Å². The second kappa shape index (κ2) is 5.37. The van der Waals surface area contributed by atoms with Crippen LogP contribution in [-0.4, -0.2) is 27.3 Å². The summed E-state index contributed by atoms with van der Waals surface area (Å²) in [6.45, 7) is 3.57. The fraction of sp³-hybridized carbons (Fsp3) is 0.600. The van der Waals surface area contributed by atoms with E-state index in [1.807, 2.05) is 24.3 Å². The van der Waals surface area contributed by atoms with E-state index in [9.17, 15) is 8.42 Å². The van der Waals surface area contributed by atoms with Gasteiger partial charge in [0.25, 0.3) is 0 Å². The van der Waals surface area contributed by atoms with Crippen molar-refractivity contribution in [3.05, 3.63) is 29.8 Å². The SMILES string of the molecule is CCNC1CCN(S(=O)(=O)CC2CC2)c2ccccc21. The second-order valence-electron chi connectivity index (χ2n) is 5.75. The Labute approximate surface area is 121 Å². The van der Waals surface area contributed by atoms with Gasteiger partial charge in [0.15, 0.2) is 0 Å². The van der Waals surface area contributed by atoms with Crippen molar-refractivity contribution >= 4 is 15.7 Å². The maximum atomic E-state index is 12.6. The Balaban J connectivity index is 1.91. The summed E-state index contributed by atoms with van der Waals surface area (Å²) < 4.78 is 26.8. The average Bonchev–Trinajstić information content (AvgIpc) is 3.22. The van der Waals surface area contributed by atoms with Gasteiger partial charge in [-0.05, 0) is 43.4 Å². The number of nitrogens with one attached hydrogen (secondary N) is 1. The van der Waals surface area contributed by atoms with Gasteiger partial charge in [-0.15, -0.1) is 0 Å². The molecule has 5 heteroatoms. The molecule has 0 radical (unpaired) electrons. The molecule has 20 heavy (non-hydrogen) atoms. The van der Waals surface area contributed by atoms with E-state index in [0.29, 0.717) is 18.2 Å². The first-order chi connectivity index (χ1) is 9.62. The molecule has 1 N–H and O–H groups in total. The van der Waals surface area contributed by atoms with Gasteiger partial charge in [-0.1, -0.05) is 25.1 Å². The molecule has 1 atom stereocenters. The Morgan fingerprint density at radius 1 is 1.25 bits per heavy atom. The zero-order chi connectivity index (χ0) is 14.2. The number of sulfonamides is 1. The topological polar surface area (TPSA) is 49.4 Å². The Bertz CT molecular complexity index is 581. The largest absolute Gasteiger partial charge is 0.310 e. The van der Waals surface area contributed by atoms with Crippen LogP contribution in [0, 0.1) is 5.92 Å². The molecule has 110 valence electrons. The molecule has 0 saturated heterocycles. The molecule has 1 fully saturated rings. The summed E-state index contributed by atoms with van der Waals surface area (Å²) in [5.41, 5.74) is 1.98. The predicted octanol–water partition coefficient (Wildman–Crippen LogP) is 2.29. The number of hydrogen-bond donors (Lipinski definition) is 1. The lowest BCUT2D eigenvalue weighted by Crippen LogP contribution is -2.41. The zero-order valence-electron chi connectivity index (χ0n) is 11.9. The summed E-state index contributed by atoms with van der Waals surface area (Å²) >= 11 is 0. The molecular weight excluding hydrogens is 272 g/mol. The van der Waals surface area contributed by atoms with E-state index in [0.717, 1.165) is 37.1 Å². The highest BCUT2D eigenvalue weighted by molar-refractivity contribution is 7.92. The summed E-state index contributed by atoms with van der Waals surface area (Å²) in [5.74, 6) is 0.700. The third-order valence-corrected chi connectivity index (χ3v) is 6.07. The molecule has 1 aliphatic carbocycles. The van der Waals surface area contributed by atoms with Crippen molar-refractivity contribution in [2.24, 2.45) is 5.92 Å². The lowest BCUT2D eigenvalue weighted by Gasteiger charge is -2.35. The number of para-hydroxylation sites is 1. The monoisotopic (exact) mass is 294 g/mol. The van der Waals surface area contributed by atoms with Gasteiger partial charge >= 0.3 is 0 Å². The van der Waals surface area contributed by atoms with Crippen LogP contribution in [0.2, 0.25) is 0 Å². The van der Waals surface area contributed by atoms with Crippen molar-refractivity contribution in [1.29, 1.82) is 0 Å². The third-order valence-electron chi connectivity index (χ3n) is 4.13. The Kier molecular flexibility index (Phi) is 3.73. The number of hydrogen-bond acceptors (Lipinski definition) is 3. The standard InChI is InChI=1S/C15H22N2O2S/c1-2-16-14-9-10-17(15-6-4-3-5-13(14)15)20(18,19)11-12-7-8-12/h3-6,12,14,16H,2,7-11H2,1H3. The molecule has 1 aliphatic heterocycles. The van der Waals surface area contributed by atoms with Crippen LogP contribution in [-0.2, 0) is 10.0 Å². The van der Waals surface area contributed by atoms with Crippen LogP contribution in [0.4, 0.5) is 5.69 Å². The van der Waals surface area contributed by atoms with Crippen LogP contribution in [0.25, 0.3) is 0 Å². The number of fused-ring (bicyclic) bond motifs is 1. The first-order valence-electron chi connectivity index (χ1n) is 7.44. The van der Waals surface area contributed by atoms with E-state index < -0.39 is 10.0 Å². The van der Waals surface area contributed by atoms with Gasteiger partial charge in [-0.2, -0.15) is 0 Å². The summed E-state index contributed by atoms with van der Waals surface area (Å²) in [6.07, 6.45) is 2.97. The van der Waals surface area contributed by atoms with Gasteiger partial charge in [0, 0.05) is 12.6 Å². The highest BCUT2D eigenvalue weighted by Gasteiger charge is 2.35. The van der Waals surface area contributed by atoms with Crippen LogP contribution >= 0.6 is 0 Å². The van der Waals surface area contributed by atoms with Crippen molar-refractivity contribution in [3.8, 4) is 0 Å². The van der Waals surface area contributed by atoms with E-state index in [2.05, 4.69) is 12.2 Å². The fourth-order valence-electron chi connectivity index (χ4n) is 2.95. The molecule has 2 aliphatic rings. The minimum Gasteiger partial charge on any atom is -0.310 e. The van der Waals surface area contributed by atoms with Gasteiger partial charge in [-0.3, -0.25) is 4.31 Å². The van der Waals surface area contributed by atoms with E-state index >= 15 is 0 Å². The molecule has 1 saturated carbocycles. The first-order valence-corrected chi connectivity index (χ1v) is 9.05. The summed E-state index contributed by atoms with van der Waals surface area (Å²) in [5, 5.41) is 3.44. The Hall–Kier alpha value is -1.07. The number of anilines is 1. The van der Waals surface area contributed by atoms with Crippen LogP contribution < -0.4 is 9.62 Å². The number of rotatable bonds is 5. The number of benzene rings is 1. The maximum Gasteiger partial charge on any atom is 0.235 e. The predicted molar refractivity (Wildman–Crippen MR) is 81.3 cm³/mol. The van der Waals surface area contributed by atoms with E-state index in [-0.39, 0.29) is 6.04 Å². The minimum absolute atomic E-state index is 0.267. The van der Waals surface area contributed by atoms with E-state index in [1.165, 1.54) is 0 Å². The highest BCUT2D eigenvalue weighted by Crippen LogP contribution is 2.38. The van der Waals surface area contributed by atoms with E-state index in [1.54, 1.807) is 4.31 Å². The number of nitrogens with zero attached hydrogens (tertiary/aromatic N) is 1. The van der Waals surface area contributed by atoms with Gasteiger partial charge < -0.3 is 5.32 Å². The van der Waals surface area contributed by atoms with Crippen LogP contribution in [0.3, 0.4) is 0 Å². The summed E-state index contributed by atoms with van der Waals surface area (Å²) in [4.78, 5) is 0. The summed E-state index contributed by atoms with van der Waals surface area (Å²) in [7, 11) is -3.17. The Morgan fingerprint density at radius 2 is 2.00 bits per heavy atom. The molecule has 1 unspecified atom stereocenters. The first kappa shape index (κ1) is 13.9. The van der Waals surface area contributed by atoms with Gasteiger partial charge in [-0.25, -0.2) is 8.42 Å². The highest BCUT2D eigenvalue weighted by atomic mass is 32.2. The molecule has 1 aromatic rings. The molecule has 3 rings (SSSR count). The molecule has 0 amide bonds. The van der Waals surface area contributed by atoms with Gasteiger partial charge in [0.1, 0.15) is 0 Å². The lowest BCUT2D eigenvalue weighted by molar-refractivity contribution is 0.501. The molecule has 1 heterocycles. The van der Waals surface area contributed by atoms with Crippen LogP contribution in [0.5, 0.6) is 0 Å². The minimum atomic E-state index is -3.17.